The van der Waals surface area contributed by atoms with Crippen molar-refractivity contribution in [1.29, 1.82) is 0 Å². The van der Waals surface area contributed by atoms with E-state index in [0.29, 0.717) is 13.1 Å². The van der Waals surface area contributed by atoms with Crippen molar-refractivity contribution in [2.24, 2.45) is 9.98 Å². The molecule has 0 aliphatic carbocycles. The van der Waals surface area contributed by atoms with Crippen molar-refractivity contribution in [2.45, 2.75) is 25.7 Å². The summed E-state index contributed by atoms with van der Waals surface area (Å²) in [6, 6.07) is 0. The fourth-order valence-corrected chi connectivity index (χ4v) is 0.903. The van der Waals surface area contributed by atoms with Gasteiger partial charge >= 0.3 is 0 Å². The largest absolute Gasteiger partial charge is 0.234 e. The van der Waals surface area contributed by atoms with Crippen molar-refractivity contribution in [3.63, 3.8) is 0 Å². The lowest BCUT2D eigenvalue weighted by Gasteiger charge is -1.89. The first-order valence-electron chi connectivity index (χ1n) is 4.64. The van der Waals surface area contributed by atoms with Gasteiger partial charge in [0.05, 0.1) is 13.1 Å². The Labute approximate surface area is 83.4 Å². The second-order valence-electron chi connectivity index (χ2n) is 2.70. The Morgan fingerprint density at radius 3 is 1.64 bits per heavy atom. The van der Waals surface area contributed by atoms with E-state index in [4.69, 9.17) is 0 Å². The summed E-state index contributed by atoms with van der Waals surface area (Å²) in [5.41, 5.74) is 0. The summed E-state index contributed by atoms with van der Waals surface area (Å²) in [6.45, 7) is 1.09. The summed E-state index contributed by atoms with van der Waals surface area (Å²) in [5.74, 6) is 0. The Morgan fingerprint density at radius 1 is 0.857 bits per heavy atom. The zero-order valence-electron chi connectivity index (χ0n) is 8.11. The van der Waals surface area contributed by atoms with Crippen LogP contribution in [-0.4, -0.2) is 25.2 Å². The van der Waals surface area contributed by atoms with Crippen LogP contribution < -0.4 is 0 Å². The Hall–Kier alpha value is -1.50. The first kappa shape index (κ1) is 12.5. The zero-order valence-corrected chi connectivity index (χ0v) is 8.11. The Bertz CT molecular complexity index is 223. The number of rotatable bonds is 8. The molecule has 0 amide bonds. The Morgan fingerprint density at radius 2 is 1.29 bits per heavy atom. The van der Waals surface area contributed by atoms with E-state index in [1.54, 1.807) is 0 Å². The van der Waals surface area contributed by atoms with Gasteiger partial charge in [-0.2, -0.15) is 0 Å². The number of allylic oxidation sites excluding steroid dienone is 2. The van der Waals surface area contributed by atoms with Crippen LogP contribution in [0.25, 0.3) is 0 Å². The number of isocyanates is 2. The standard InChI is InChI=1S/C10H14N2O2/c13-9-11-7-5-3-1-2-4-6-8-12-10-14/h1-2H,3-8H2/b2-1+. The van der Waals surface area contributed by atoms with Crippen molar-refractivity contribution in [3.8, 4) is 0 Å². The van der Waals surface area contributed by atoms with Crippen molar-refractivity contribution in [3.05, 3.63) is 12.2 Å². The topological polar surface area (TPSA) is 58.9 Å². The van der Waals surface area contributed by atoms with Crippen LogP contribution in [-0.2, 0) is 9.59 Å². The van der Waals surface area contributed by atoms with Gasteiger partial charge in [0, 0.05) is 0 Å². The molecule has 0 spiro atoms. The van der Waals surface area contributed by atoms with Crippen LogP contribution in [0.1, 0.15) is 25.7 Å². The van der Waals surface area contributed by atoms with Crippen LogP contribution in [0, 0.1) is 0 Å². The van der Waals surface area contributed by atoms with E-state index in [1.165, 1.54) is 12.2 Å². The quantitative estimate of drug-likeness (QED) is 0.256. The highest BCUT2D eigenvalue weighted by molar-refractivity contribution is 5.32. The monoisotopic (exact) mass is 194 g/mol. The summed E-state index contributed by atoms with van der Waals surface area (Å²) < 4.78 is 0. The molecule has 0 aromatic rings. The van der Waals surface area contributed by atoms with Gasteiger partial charge in [-0.05, 0) is 25.7 Å². The molecule has 0 aliphatic heterocycles. The molecular weight excluding hydrogens is 180 g/mol. The summed E-state index contributed by atoms with van der Waals surface area (Å²) in [5, 5.41) is 0. The highest BCUT2D eigenvalue weighted by Crippen LogP contribution is 1.96. The number of hydrogen-bond acceptors (Lipinski definition) is 4. The van der Waals surface area contributed by atoms with Crippen LogP contribution >= 0.6 is 0 Å². The molecular formula is C10H14N2O2. The number of unbranched alkanes of at least 4 members (excludes halogenated alkanes) is 2. The normalized spacial score (nSPS) is 9.43. The fourth-order valence-electron chi connectivity index (χ4n) is 0.903. The maximum atomic E-state index is 9.69. The third-order valence-electron chi connectivity index (χ3n) is 1.58. The van der Waals surface area contributed by atoms with Crippen molar-refractivity contribution < 1.29 is 9.59 Å². The number of nitrogens with zero attached hydrogens (tertiary/aromatic N) is 2. The molecule has 0 saturated heterocycles. The molecule has 0 aromatic carbocycles. The highest BCUT2D eigenvalue weighted by Gasteiger charge is 1.83. The van der Waals surface area contributed by atoms with Crippen LogP contribution in [0.3, 0.4) is 0 Å². The zero-order chi connectivity index (χ0) is 10.5. The van der Waals surface area contributed by atoms with Crippen molar-refractivity contribution in [2.75, 3.05) is 13.1 Å². The van der Waals surface area contributed by atoms with E-state index in [0.717, 1.165) is 25.7 Å². The number of carbonyl (C=O) groups excluding carboxylic acids is 2. The molecule has 0 aromatic heterocycles. The minimum Gasteiger partial charge on any atom is -0.211 e. The van der Waals surface area contributed by atoms with Crippen molar-refractivity contribution >= 4 is 12.2 Å². The van der Waals surface area contributed by atoms with Gasteiger partial charge < -0.3 is 0 Å². The lowest BCUT2D eigenvalue weighted by molar-refractivity contribution is 0.561. The van der Waals surface area contributed by atoms with E-state index in [2.05, 4.69) is 9.98 Å². The third-order valence-corrected chi connectivity index (χ3v) is 1.58. The highest BCUT2D eigenvalue weighted by atomic mass is 16.1. The Kier molecular flexibility index (Phi) is 10.3. The molecule has 0 saturated carbocycles. The van der Waals surface area contributed by atoms with Crippen LogP contribution in [0.4, 0.5) is 0 Å². The first-order valence-corrected chi connectivity index (χ1v) is 4.64. The molecule has 0 fully saturated rings. The van der Waals surface area contributed by atoms with Crippen molar-refractivity contribution in [1.82, 2.24) is 0 Å². The van der Waals surface area contributed by atoms with Crippen LogP contribution in [0.5, 0.6) is 0 Å². The predicted molar refractivity (Wildman–Crippen MR) is 53.6 cm³/mol. The summed E-state index contributed by atoms with van der Waals surface area (Å²) in [7, 11) is 0. The third kappa shape index (κ3) is 10.5. The van der Waals surface area contributed by atoms with E-state index in [9.17, 15) is 9.59 Å². The maximum Gasteiger partial charge on any atom is 0.234 e. The first-order chi connectivity index (χ1) is 6.91. The van der Waals surface area contributed by atoms with Gasteiger partial charge in [-0.3, -0.25) is 0 Å². The van der Waals surface area contributed by atoms with E-state index < -0.39 is 0 Å². The average molecular weight is 194 g/mol. The second-order valence-corrected chi connectivity index (χ2v) is 2.70. The second kappa shape index (κ2) is 11.5. The fraction of sp³-hybridized carbons (Fsp3) is 0.600. The number of aliphatic imine (C=N–C) groups is 2. The van der Waals surface area contributed by atoms with Gasteiger partial charge in [-0.1, -0.05) is 12.2 Å². The van der Waals surface area contributed by atoms with Gasteiger partial charge in [-0.15, -0.1) is 0 Å². The van der Waals surface area contributed by atoms with Crippen LogP contribution in [0.2, 0.25) is 0 Å². The van der Waals surface area contributed by atoms with Gasteiger partial charge in [0.25, 0.3) is 0 Å². The van der Waals surface area contributed by atoms with Gasteiger partial charge in [0.2, 0.25) is 12.2 Å². The van der Waals surface area contributed by atoms with Gasteiger partial charge in [0.1, 0.15) is 0 Å². The lowest BCUT2D eigenvalue weighted by atomic mass is 10.2. The lowest BCUT2D eigenvalue weighted by Crippen LogP contribution is -1.79. The Balaban J connectivity index is 3.18. The predicted octanol–water partition coefficient (Wildman–Crippen LogP) is 1.77. The molecule has 0 N–H and O–H groups in total. The minimum atomic E-state index is 0.545. The molecule has 4 heteroatoms. The summed E-state index contributed by atoms with van der Waals surface area (Å²) in [6.07, 6.45) is 10.7. The number of hydrogen-bond donors (Lipinski definition) is 0. The molecule has 0 unspecified atom stereocenters. The summed E-state index contributed by atoms with van der Waals surface area (Å²) >= 11 is 0. The van der Waals surface area contributed by atoms with Gasteiger partial charge in [-0.25, -0.2) is 19.6 Å². The molecule has 0 heterocycles. The molecule has 0 atom stereocenters. The molecule has 76 valence electrons. The molecule has 0 radical (unpaired) electrons. The van der Waals surface area contributed by atoms with Crippen LogP contribution in [0.15, 0.2) is 22.1 Å². The molecule has 4 nitrogen and oxygen atoms in total. The minimum absolute atomic E-state index is 0.545. The van der Waals surface area contributed by atoms with E-state index in [-0.39, 0.29) is 0 Å². The van der Waals surface area contributed by atoms with E-state index in [1.807, 2.05) is 12.2 Å². The average Bonchev–Trinajstić information content (AvgIpc) is 2.21. The maximum absolute atomic E-state index is 9.69. The summed E-state index contributed by atoms with van der Waals surface area (Å²) in [4.78, 5) is 26.2. The SMILES string of the molecule is O=C=NCCC/C=C/CCCN=C=O. The molecule has 0 aliphatic rings. The smallest absolute Gasteiger partial charge is 0.211 e. The van der Waals surface area contributed by atoms with E-state index >= 15 is 0 Å². The molecule has 14 heavy (non-hydrogen) atoms. The van der Waals surface area contributed by atoms with Gasteiger partial charge in [0.15, 0.2) is 0 Å². The molecule has 0 bridgehead atoms. The molecule has 0 rings (SSSR count).